The molecule has 2 saturated heterocycles. The molecule has 4 heteroatoms. The maximum absolute atomic E-state index is 11.9. The van der Waals surface area contributed by atoms with E-state index < -0.39 is 11.5 Å². The van der Waals surface area contributed by atoms with Gasteiger partial charge in [-0.05, 0) is 52.1 Å². The van der Waals surface area contributed by atoms with Crippen molar-refractivity contribution in [1.29, 1.82) is 0 Å². The van der Waals surface area contributed by atoms with E-state index in [1.807, 2.05) is 0 Å². The molecule has 2 unspecified atom stereocenters. The number of aliphatic carboxylic acids is 1. The quantitative estimate of drug-likeness (QED) is 0.827. The number of nitrogens with zero attached hydrogens (tertiary/aromatic N) is 2. The Kier molecular flexibility index (Phi) is 3.10. The zero-order chi connectivity index (χ0) is 12.8. The molecule has 102 valence electrons. The molecular formula is C14H24N2O2. The van der Waals surface area contributed by atoms with Crippen LogP contribution in [0.3, 0.4) is 0 Å². The van der Waals surface area contributed by atoms with E-state index in [4.69, 9.17) is 0 Å². The minimum atomic E-state index is -0.598. The van der Waals surface area contributed by atoms with Gasteiger partial charge in [0, 0.05) is 18.6 Å². The zero-order valence-electron chi connectivity index (χ0n) is 11.3. The maximum atomic E-state index is 11.9. The van der Waals surface area contributed by atoms with E-state index in [1.165, 1.54) is 19.3 Å². The van der Waals surface area contributed by atoms with Crippen LogP contribution < -0.4 is 0 Å². The Hall–Kier alpha value is -0.610. The molecule has 0 aromatic heterocycles. The highest BCUT2D eigenvalue weighted by molar-refractivity contribution is 5.80. The second kappa shape index (κ2) is 4.49. The molecule has 3 aliphatic rings. The number of hydrogen-bond acceptors (Lipinski definition) is 3. The van der Waals surface area contributed by atoms with Crippen molar-refractivity contribution in [3.8, 4) is 0 Å². The van der Waals surface area contributed by atoms with Crippen LogP contribution in [-0.2, 0) is 4.79 Å². The lowest BCUT2D eigenvalue weighted by atomic mass is 9.91. The first kappa shape index (κ1) is 12.4. The van der Waals surface area contributed by atoms with E-state index in [-0.39, 0.29) is 0 Å². The lowest BCUT2D eigenvalue weighted by molar-refractivity contribution is -0.151. The molecule has 3 rings (SSSR count). The van der Waals surface area contributed by atoms with Crippen LogP contribution in [0.25, 0.3) is 0 Å². The van der Waals surface area contributed by atoms with Crippen molar-refractivity contribution >= 4 is 5.97 Å². The van der Waals surface area contributed by atoms with Crippen LogP contribution >= 0.6 is 0 Å². The molecule has 2 atom stereocenters. The van der Waals surface area contributed by atoms with E-state index in [2.05, 4.69) is 16.7 Å². The van der Waals surface area contributed by atoms with E-state index in [1.54, 1.807) is 0 Å². The minimum absolute atomic E-state index is 0.426. The van der Waals surface area contributed by atoms with Crippen LogP contribution in [0.15, 0.2) is 0 Å². The fourth-order valence-electron chi connectivity index (χ4n) is 3.86. The molecule has 3 fully saturated rings. The first-order valence-electron chi connectivity index (χ1n) is 7.38. The molecule has 0 spiro atoms. The third-order valence-electron chi connectivity index (χ3n) is 5.02. The average Bonchev–Trinajstić information content (AvgIpc) is 3.14. The lowest BCUT2D eigenvalue weighted by Gasteiger charge is -2.40. The van der Waals surface area contributed by atoms with Crippen molar-refractivity contribution in [3.05, 3.63) is 0 Å². The first-order chi connectivity index (χ1) is 8.63. The van der Waals surface area contributed by atoms with Gasteiger partial charge in [-0.3, -0.25) is 14.6 Å². The fourth-order valence-corrected chi connectivity index (χ4v) is 3.86. The molecule has 0 radical (unpaired) electrons. The van der Waals surface area contributed by atoms with Crippen LogP contribution in [0.5, 0.6) is 0 Å². The standard InChI is InChI=1S/C14H24N2O2/c1-11-9-14(13(17)18,10-16(11)12-5-6-12)15-7-3-2-4-8-15/h11-12H,2-10H2,1H3,(H,17,18). The molecular weight excluding hydrogens is 228 g/mol. The second-order valence-electron chi connectivity index (χ2n) is 6.34. The van der Waals surface area contributed by atoms with Gasteiger partial charge < -0.3 is 5.11 Å². The van der Waals surface area contributed by atoms with Crippen LogP contribution in [0.2, 0.25) is 0 Å². The van der Waals surface area contributed by atoms with Gasteiger partial charge in [0.2, 0.25) is 0 Å². The predicted molar refractivity (Wildman–Crippen MR) is 69.6 cm³/mol. The number of carboxylic acid groups (broad SMARTS) is 1. The molecule has 2 aliphatic heterocycles. The van der Waals surface area contributed by atoms with Crippen molar-refractivity contribution in [2.45, 2.75) is 63.1 Å². The molecule has 0 amide bonds. The summed E-state index contributed by atoms with van der Waals surface area (Å²) in [5, 5.41) is 9.79. The molecule has 1 N–H and O–H groups in total. The van der Waals surface area contributed by atoms with E-state index in [0.29, 0.717) is 12.1 Å². The third kappa shape index (κ3) is 1.95. The Labute approximate surface area is 109 Å². The Bertz CT molecular complexity index is 337. The summed E-state index contributed by atoms with van der Waals surface area (Å²) >= 11 is 0. The van der Waals surface area contributed by atoms with Gasteiger partial charge in [0.15, 0.2) is 0 Å². The van der Waals surface area contributed by atoms with Crippen LogP contribution in [-0.4, -0.2) is 58.1 Å². The van der Waals surface area contributed by atoms with Crippen molar-refractivity contribution < 1.29 is 9.90 Å². The highest BCUT2D eigenvalue weighted by atomic mass is 16.4. The van der Waals surface area contributed by atoms with E-state index in [0.717, 1.165) is 38.9 Å². The number of carbonyl (C=O) groups is 1. The molecule has 1 aliphatic carbocycles. The van der Waals surface area contributed by atoms with E-state index in [9.17, 15) is 9.90 Å². The molecule has 0 bridgehead atoms. The number of piperidine rings is 1. The highest BCUT2D eigenvalue weighted by Crippen LogP contribution is 2.40. The van der Waals surface area contributed by atoms with Gasteiger partial charge in [-0.25, -0.2) is 0 Å². The molecule has 18 heavy (non-hydrogen) atoms. The zero-order valence-corrected chi connectivity index (χ0v) is 11.3. The Morgan fingerprint density at radius 2 is 1.89 bits per heavy atom. The average molecular weight is 252 g/mol. The largest absolute Gasteiger partial charge is 0.480 e. The number of hydrogen-bond donors (Lipinski definition) is 1. The Morgan fingerprint density at radius 3 is 2.44 bits per heavy atom. The summed E-state index contributed by atoms with van der Waals surface area (Å²) in [6.45, 7) is 4.89. The maximum Gasteiger partial charge on any atom is 0.325 e. The van der Waals surface area contributed by atoms with Crippen LogP contribution in [0, 0.1) is 0 Å². The Morgan fingerprint density at radius 1 is 1.22 bits per heavy atom. The first-order valence-corrected chi connectivity index (χ1v) is 7.38. The van der Waals surface area contributed by atoms with Gasteiger partial charge in [0.25, 0.3) is 0 Å². The summed E-state index contributed by atoms with van der Waals surface area (Å²) < 4.78 is 0. The molecule has 1 saturated carbocycles. The van der Waals surface area contributed by atoms with Gasteiger partial charge >= 0.3 is 5.97 Å². The second-order valence-corrected chi connectivity index (χ2v) is 6.34. The normalized spacial score (nSPS) is 39.1. The minimum Gasteiger partial charge on any atom is -0.480 e. The van der Waals surface area contributed by atoms with Crippen molar-refractivity contribution in [1.82, 2.24) is 9.80 Å². The van der Waals surface area contributed by atoms with Crippen molar-refractivity contribution in [2.75, 3.05) is 19.6 Å². The number of rotatable bonds is 3. The smallest absolute Gasteiger partial charge is 0.325 e. The Balaban J connectivity index is 1.81. The molecule has 4 nitrogen and oxygen atoms in total. The predicted octanol–water partition coefficient (Wildman–Crippen LogP) is 1.55. The number of likely N-dealkylation sites (tertiary alicyclic amines) is 2. The summed E-state index contributed by atoms with van der Waals surface area (Å²) in [6, 6.07) is 1.10. The highest BCUT2D eigenvalue weighted by Gasteiger charge is 2.54. The topological polar surface area (TPSA) is 43.8 Å². The van der Waals surface area contributed by atoms with Crippen molar-refractivity contribution in [2.24, 2.45) is 0 Å². The summed E-state index contributed by atoms with van der Waals surface area (Å²) in [5.74, 6) is -0.598. The molecule has 2 heterocycles. The molecule has 0 aromatic carbocycles. The van der Waals surface area contributed by atoms with Gasteiger partial charge in [-0.2, -0.15) is 0 Å². The van der Waals surface area contributed by atoms with Gasteiger partial charge in [0.1, 0.15) is 5.54 Å². The van der Waals surface area contributed by atoms with E-state index >= 15 is 0 Å². The van der Waals surface area contributed by atoms with Crippen LogP contribution in [0.1, 0.15) is 45.4 Å². The summed E-state index contributed by atoms with van der Waals surface area (Å²) in [6.07, 6.45) is 6.91. The number of carboxylic acids is 1. The fraction of sp³-hybridized carbons (Fsp3) is 0.929. The SMILES string of the molecule is CC1CC(C(=O)O)(N2CCCCC2)CN1C1CC1. The summed E-state index contributed by atoms with van der Waals surface area (Å²) in [7, 11) is 0. The monoisotopic (exact) mass is 252 g/mol. The van der Waals surface area contributed by atoms with Gasteiger partial charge in [-0.15, -0.1) is 0 Å². The van der Waals surface area contributed by atoms with Gasteiger partial charge in [-0.1, -0.05) is 6.42 Å². The summed E-state index contributed by atoms with van der Waals surface area (Å²) in [5.41, 5.74) is -0.595. The van der Waals surface area contributed by atoms with Crippen LogP contribution in [0.4, 0.5) is 0 Å². The summed E-state index contributed by atoms with van der Waals surface area (Å²) in [4.78, 5) is 16.6. The van der Waals surface area contributed by atoms with Gasteiger partial charge in [0.05, 0.1) is 0 Å². The lowest BCUT2D eigenvalue weighted by Crippen LogP contribution is -2.58. The van der Waals surface area contributed by atoms with Crippen molar-refractivity contribution in [3.63, 3.8) is 0 Å². The molecule has 0 aromatic rings. The third-order valence-corrected chi connectivity index (χ3v) is 5.02.